The van der Waals surface area contributed by atoms with Crippen molar-refractivity contribution in [2.75, 3.05) is 5.75 Å². The number of halogens is 1. The highest BCUT2D eigenvalue weighted by Crippen LogP contribution is 2.28. The molecule has 3 rings (SSSR count). The van der Waals surface area contributed by atoms with E-state index in [1.165, 1.54) is 12.1 Å². The highest BCUT2D eigenvalue weighted by Gasteiger charge is 2.22. The lowest BCUT2D eigenvalue weighted by molar-refractivity contribution is 0.543. The number of hydrogen-bond donors (Lipinski definition) is 1. The van der Waals surface area contributed by atoms with Gasteiger partial charge in [0.1, 0.15) is 10.9 Å². The summed E-state index contributed by atoms with van der Waals surface area (Å²) in [6.45, 7) is 4.39. The minimum absolute atomic E-state index is 0.211. The van der Waals surface area contributed by atoms with Crippen LogP contribution in [0, 0.1) is 11.7 Å². The minimum Gasteiger partial charge on any atom is -0.353 e. The molecular formula is C14H15FN2S. The summed E-state index contributed by atoms with van der Waals surface area (Å²) in [5, 5.41) is 2.08. The van der Waals surface area contributed by atoms with Crippen molar-refractivity contribution in [2.24, 2.45) is 10.9 Å². The van der Waals surface area contributed by atoms with Crippen LogP contribution in [0.3, 0.4) is 0 Å². The molecule has 1 aromatic carbocycles. The van der Waals surface area contributed by atoms with Crippen molar-refractivity contribution in [1.29, 1.82) is 0 Å². The Labute approximate surface area is 110 Å². The van der Waals surface area contributed by atoms with E-state index in [0.29, 0.717) is 12.0 Å². The Hall–Kier alpha value is -1.29. The molecule has 1 unspecified atom stereocenters. The van der Waals surface area contributed by atoms with Crippen LogP contribution in [-0.2, 0) is 0 Å². The fraction of sp³-hybridized carbons (Fsp3) is 0.357. The molecule has 1 aliphatic rings. The topological polar surface area (TPSA) is 28.1 Å². The molecule has 2 aromatic rings. The molecule has 18 heavy (non-hydrogen) atoms. The summed E-state index contributed by atoms with van der Waals surface area (Å²) in [6, 6.07) is 7.25. The maximum atomic E-state index is 13.1. The van der Waals surface area contributed by atoms with Gasteiger partial charge in [0.25, 0.3) is 0 Å². The number of hydrogen-bond acceptors (Lipinski definition) is 2. The van der Waals surface area contributed by atoms with Crippen molar-refractivity contribution in [1.82, 2.24) is 4.98 Å². The van der Waals surface area contributed by atoms with Crippen molar-refractivity contribution >= 4 is 27.7 Å². The molecule has 0 bridgehead atoms. The zero-order chi connectivity index (χ0) is 12.7. The van der Waals surface area contributed by atoms with Gasteiger partial charge in [-0.25, -0.2) is 4.39 Å². The van der Waals surface area contributed by atoms with Crippen LogP contribution in [0.1, 0.15) is 19.5 Å². The predicted octanol–water partition coefficient (Wildman–Crippen LogP) is 3.83. The first-order chi connectivity index (χ1) is 8.63. The fourth-order valence-corrected chi connectivity index (χ4v) is 3.36. The van der Waals surface area contributed by atoms with E-state index in [0.717, 1.165) is 27.4 Å². The van der Waals surface area contributed by atoms with Crippen LogP contribution in [0.5, 0.6) is 0 Å². The van der Waals surface area contributed by atoms with Gasteiger partial charge in [0.15, 0.2) is 0 Å². The Bertz CT molecular complexity index is 615. The zero-order valence-electron chi connectivity index (χ0n) is 10.4. The van der Waals surface area contributed by atoms with Gasteiger partial charge in [-0.3, -0.25) is 4.99 Å². The van der Waals surface area contributed by atoms with Gasteiger partial charge >= 0.3 is 0 Å². The lowest BCUT2D eigenvalue weighted by Crippen LogP contribution is -2.11. The molecule has 2 nitrogen and oxygen atoms in total. The van der Waals surface area contributed by atoms with Gasteiger partial charge in [0.2, 0.25) is 0 Å². The van der Waals surface area contributed by atoms with E-state index in [2.05, 4.69) is 18.8 Å². The standard InChI is InChI=1S/C14H15FN2S/c1-8(2)13-7-18-14(17-13)12-5-9-3-4-10(15)6-11(9)16-12/h3-6,8,13,16H,7H2,1-2H3. The number of nitrogens with zero attached hydrogens (tertiary/aromatic N) is 1. The highest BCUT2D eigenvalue weighted by molar-refractivity contribution is 8.14. The van der Waals surface area contributed by atoms with E-state index >= 15 is 0 Å². The van der Waals surface area contributed by atoms with Gasteiger partial charge in [0, 0.05) is 16.7 Å². The van der Waals surface area contributed by atoms with Gasteiger partial charge in [-0.05, 0) is 30.2 Å². The summed E-state index contributed by atoms with van der Waals surface area (Å²) in [5.74, 6) is 1.39. The maximum Gasteiger partial charge on any atom is 0.125 e. The third-order valence-electron chi connectivity index (χ3n) is 3.26. The normalized spacial score (nSPS) is 19.8. The van der Waals surface area contributed by atoms with E-state index in [9.17, 15) is 4.39 Å². The van der Waals surface area contributed by atoms with E-state index < -0.39 is 0 Å². The largest absolute Gasteiger partial charge is 0.353 e. The third-order valence-corrected chi connectivity index (χ3v) is 4.37. The van der Waals surface area contributed by atoms with E-state index in [1.54, 1.807) is 17.8 Å². The second-order valence-corrected chi connectivity index (χ2v) is 5.98. The van der Waals surface area contributed by atoms with Crippen LogP contribution < -0.4 is 0 Å². The van der Waals surface area contributed by atoms with Crippen molar-refractivity contribution in [2.45, 2.75) is 19.9 Å². The molecule has 0 fully saturated rings. The fourth-order valence-electron chi connectivity index (χ4n) is 2.09. The van der Waals surface area contributed by atoms with Crippen molar-refractivity contribution < 1.29 is 4.39 Å². The van der Waals surface area contributed by atoms with Gasteiger partial charge in [0.05, 0.1) is 11.7 Å². The summed E-state index contributed by atoms with van der Waals surface area (Å²) >= 11 is 1.78. The number of rotatable bonds is 2. The van der Waals surface area contributed by atoms with Crippen molar-refractivity contribution in [3.8, 4) is 0 Å². The molecule has 4 heteroatoms. The number of aromatic nitrogens is 1. The average Bonchev–Trinajstić information content (AvgIpc) is 2.93. The molecule has 1 atom stereocenters. The molecule has 0 aliphatic carbocycles. The Morgan fingerprint density at radius 1 is 1.39 bits per heavy atom. The van der Waals surface area contributed by atoms with E-state index in [-0.39, 0.29) is 5.82 Å². The summed E-state index contributed by atoms with van der Waals surface area (Å²) in [6.07, 6.45) is 0. The van der Waals surface area contributed by atoms with Gasteiger partial charge in [-0.15, -0.1) is 11.8 Å². The number of thioether (sulfide) groups is 1. The van der Waals surface area contributed by atoms with Crippen LogP contribution in [0.25, 0.3) is 10.9 Å². The SMILES string of the molecule is CC(C)C1CSC(c2cc3ccc(F)cc3[nH]2)=N1. The first-order valence-electron chi connectivity index (χ1n) is 6.13. The Kier molecular flexibility index (Phi) is 2.90. The zero-order valence-corrected chi connectivity index (χ0v) is 11.2. The number of nitrogens with one attached hydrogen (secondary N) is 1. The van der Waals surface area contributed by atoms with Gasteiger partial charge < -0.3 is 4.98 Å². The molecule has 2 heterocycles. The lowest BCUT2D eigenvalue weighted by Gasteiger charge is -2.07. The molecule has 1 aliphatic heterocycles. The quantitative estimate of drug-likeness (QED) is 0.875. The van der Waals surface area contributed by atoms with E-state index in [4.69, 9.17) is 4.99 Å². The summed E-state index contributed by atoms with van der Waals surface area (Å²) in [7, 11) is 0. The molecule has 1 N–H and O–H groups in total. The molecule has 0 saturated heterocycles. The van der Waals surface area contributed by atoms with Crippen molar-refractivity contribution in [3.63, 3.8) is 0 Å². The predicted molar refractivity (Wildman–Crippen MR) is 75.9 cm³/mol. The van der Waals surface area contributed by atoms with Crippen LogP contribution in [-0.4, -0.2) is 21.8 Å². The Morgan fingerprint density at radius 2 is 2.22 bits per heavy atom. The number of aromatic amines is 1. The average molecular weight is 262 g/mol. The smallest absolute Gasteiger partial charge is 0.125 e. The monoisotopic (exact) mass is 262 g/mol. The molecule has 0 spiro atoms. The summed E-state index contributed by atoms with van der Waals surface area (Å²) < 4.78 is 13.1. The Balaban J connectivity index is 1.98. The highest BCUT2D eigenvalue weighted by atomic mass is 32.2. The molecule has 0 radical (unpaired) electrons. The summed E-state index contributed by atoms with van der Waals surface area (Å²) in [4.78, 5) is 7.98. The van der Waals surface area contributed by atoms with Crippen LogP contribution in [0.4, 0.5) is 4.39 Å². The first kappa shape index (κ1) is 11.8. The van der Waals surface area contributed by atoms with Crippen LogP contribution >= 0.6 is 11.8 Å². The molecular weight excluding hydrogens is 247 g/mol. The minimum atomic E-state index is -0.211. The van der Waals surface area contributed by atoms with Crippen LogP contribution in [0.15, 0.2) is 29.3 Å². The third kappa shape index (κ3) is 2.05. The van der Waals surface area contributed by atoms with Crippen LogP contribution in [0.2, 0.25) is 0 Å². The molecule has 0 saturated carbocycles. The molecule has 94 valence electrons. The number of fused-ring (bicyclic) bond motifs is 1. The second-order valence-electron chi connectivity index (χ2n) is 4.97. The number of aliphatic imine (C=N–C) groups is 1. The number of H-pyrrole nitrogens is 1. The van der Waals surface area contributed by atoms with Crippen molar-refractivity contribution in [3.05, 3.63) is 35.8 Å². The lowest BCUT2D eigenvalue weighted by atomic mass is 10.1. The second kappa shape index (κ2) is 4.43. The van der Waals surface area contributed by atoms with Gasteiger partial charge in [-0.1, -0.05) is 13.8 Å². The van der Waals surface area contributed by atoms with E-state index in [1.807, 2.05) is 6.07 Å². The maximum absolute atomic E-state index is 13.1. The molecule has 0 amide bonds. The Morgan fingerprint density at radius 3 is 2.94 bits per heavy atom. The molecule has 1 aromatic heterocycles. The summed E-state index contributed by atoms with van der Waals surface area (Å²) in [5.41, 5.74) is 1.84. The number of benzene rings is 1. The van der Waals surface area contributed by atoms with Gasteiger partial charge in [-0.2, -0.15) is 0 Å². The first-order valence-corrected chi connectivity index (χ1v) is 7.11.